The van der Waals surface area contributed by atoms with Gasteiger partial charge in [-0.1, -0.05) is 75.4 Å². The third kappa shape index (κ3) is 7.96. The van der Waals surface area contributed by atoms with Gasteiger partial charge < -0.3 is 24.0 Å². The van der Waals surface area contributed by atoms with E-state index in [4.69, 9.17) is 18.6 Å². The van der Waals surface area contributed by atoms with Crippen LogP contribution in [0.25, 0.3) is 0 Å². The van der Waals surface area contributed by atoms with E-state index >= 15 is 0 Å². The van der Waals surface area contributed by atoms with E-state index in [1.165, 1.54) is 12.3 Å². The van der Waals surface area contributed by atoms with Gasteiger partial charge in [0.1, 0.15) is 11.9 Å². The Bertz CT molecular complexity index is 1790. The summed E-state index contributed by atoms with van der Waals surface area (Å²) in [4.78, 5) is 57.1. The van der Waals surface area contributed by atoms with Crippen molar-refractivity contribution in [1.29, 1.82) is 0 Å². The minimum atomic E-state index is -2.33. The van der Waals surface area contributed by atoms with Crippen LogP contribution >= 0.6 is 0 Å². The fraction of sp³-hybridized carbons (Fsp3) is 0.306. The Morgan fingerprint density at radius 1 is 0.792 bits per heavy atom. The first-order valence-corrected chi connectivity index (χ1v) is 18.5. The number of hydrogen-bond donors (Lipinski definition) is 1. The molecule has 0 saturated carbocycles. The van der Waals surface area contributed by atoms with Gasteiger partial charge in [-0.25, -0.2) is 14.4 Å². The summed E-state index contributed by atoms with van der Waals surface area (Å²) < 4.78 is 26.1. The molecule has 0 bridgehead atoms. The minimum absolute atomic E-state index is 0.00646. The van der Waals surface area contributed by atoms with Gasteiger partial charge in [0, 0.05) is 11.8 Å². The molecule has 1 aliphatic rings. The zero-order valence-corrected chi connectivity index (χ0v) is 28.5. The van der Waals surface area contributed by atoms with E-state index in [9.17, 15) is 19.2 Å². The maximum absolute atomic E-state index is 13.5. The largest absolute Gasteiger partial charge is 0.452 e. The molecule has 3 aromatic carbocycles. The number of esters is 2. The van der Waals surface area contributed by atoms with E-state index in [1.54, 1.807) is 91.0 Å². The molecule has 250 valence electrons. The number of rotatable bonds is 10. The highest BCUT2D eigenvalue weighted by atomic mass is 28.4. The van der Waals surface area contributed by atoms with Crippen LogP contribution in [0.15, 0.2) is 108 Å². The number of carbonyl (C=O) groups excluding carboxylic acids is 3. The molecule has 0 radical (unpaired) electrons. The molecule has 0 aliphatic carbocycles. The van der Waals surface area contributed by atoms with Crippen molar-refractivity contribution in [3.8, 4) is 0 Å². The summed E-state index contributed by atoms with van der Waals surface area (Å²) >= 11 is 0. The molecule has 1 N–H and O–H groups in total. The predicted molar refractivity (Wildman–Crippen MR) is 181 cm³/mol. The van der Waals surface area contributed by atoms with Crippen LogP contribution in [0.5, 0.6) is 0 Å². The molecule has 0 spiro atoms. The zero-order chi connectivity index (χ0) is 34.5. The molecule has 1 fully saturated rings. The summed E-state index contributed by atoms with van der Waals surface area (Å²) in [6, 6.07) is 26.7. The topological polar surface area (TPSA) is 135 Å². The number of aromatic nitrogens is 2. The van der Waals surface area contributed by atoms with Crippen molar-refractivity contribution in [2.24, 2.45) is 0 Å². The summed E-state index contributed by atoms with van der Waals surface area (Å²) in [5, 5.41) is 2.48. The number of nitrogens with one attached hydrogen (secondary N) is 1. The van der Waals surface area contributed by atoms with E-state index in [0.717, 1.165) is 4.57 Å². The number of ether oxygens (including phenoxy) is 3. The monoisotopic (exact) mass is 669 g/mol. The van der Waals surface area contributed by atoms with Crippen LogP contribution < -0.4 is 11.0 Å². The first-order valence-electron chi connectivity index (χ1n) is 15.6. The van der Waals surface area contributed by atoms with Crippen LogP contribution in [0.1, 0.15) is 58.1 Å². The molecule has 2 heterocycles. The second-order valence-corrected chi connectivity index (χ2v) is 17.7. The first-order chi connectivity index (χ1) is 22.8. The lowest BCUT2D eigenvalue weighted by atomic mass is 10.1. The highest BCUT2D eigenvalue weighted by Gasteiger charge is 2.52. The molecule has 48 heavy (non-hydrogen) atoms. The molecule has 4 atom stereocenters. The highest BCUT2D eigenvalue weighted by Crippen LogP contribution is 2.39. The fourth-order valence-electron chi connectivity index (χ4n) is 4.83. The fourth-order valence-corrected chi connectivity index (χ4v) is 5.84. The molecule has 0 unspecified atom stereocenters. The molecule has 12 heteroatoms. The summed E-state index contributed by atoms with van der Waals surface area (Å²) in [6.07, 6.45) is -3.23. The number of benzene rings is 3. The molecular weight excluding hydrogens is 630 g/mol. The number of hydrogen-bond acceptors (Lipinski definition) is 9. The van der Waals surface area contributed by atoms with Gasteiger partial charge in [0.2, 0.25) is 0 Å². The van der Waals surface area contributed by atoms with Crippen LogP contribution in [0.4, 0.5) is 5.82 Å². The predicted octanol–water partition coefficient (Wildman–Crippen LogP) is 5.87. The maximum Gasteiger partial charge on any atom is 0.351 e. The van der Waals surface area contributed by atoms with Gasteiger partial charge >= 0.3 is 17.6 Å². The molecule has 5 rings (SSSR count). The number of anilines is 1. The molecule has 11 nitrogen and oxygen atoms in total. The van der Waals surface area contributed by atoms with E-state index in [2.05, 4.69) is 44.2 Å². The average molecular weight is 670 g/mol. The van der Waals surface area contributed by atoms with Crippen molar-refractivity contribution >= 4 is 32.0 Å². The summed E-state index contributed by atoms with van der Waals surface area (Å²) in [7, 11) is -2.33. The molecule has 1 saturated heterocycles. The standard InChI is InChI=1S/C36H39N3O8Si/c1-36(2,3)48(4,5)44-23-27-29(46-33(41)25-17-11-7-12-18-25)30(47-34(42)26-19-13-8-14-20-26)32(45-27)39-22-21-28(38-35(39)43)37-31(40)24-15-9-6-10-16-24/h6-22,27,29-30,32H,23H2,1-5H3,(H,37,38,40,43)/t27-,29-,30-,32-/m1/s1. The Kier molecular flexibility index (Phi) is 10.4. The lowest BCUT2D eigenvalue weighted by Gasteiger charge is -2.37. The van der Waals surface area contributed by atoms with Crippen LogP contribution in [-0.2, 0) is 18.6 Å². The molecule has 1 aliphatic heterocycles. The second-order valence-electron chi connectivity index (χ2n) is 12.9. The molecule has 1 amide bonds. The third-order valence-corrected chi connectivity index (χ3v) is 13.1. The average Bonchev–Trinajstić information content (AvgIpc) is 3.40. The Balaban J connectivity index is 1.50. The Morgan fingerprint density at radius 3 is 1.79 bits per heavy atom. The maximum atomic E-state index is 13.5. The van der Waals surface area contributed by atoms with E-state index in [0.29, 0.717) is 5.56 Å². The summed E-state index contributed by atoms with van der Waals surface area (Å²) in [6.45, 7) is 10.4. The summed E-state index contributed by atoms with van der Waals surface area (Å²) in [5.41, 5.74) is 0.152. The van der Waals surface area contributed by atoms with Crippen LogP contribution in [0, 0.1) is 0 Å². The van der Waals surface area contributed by atoms with Gasteiger partial charge in [0.25, 0.3) is 5.91 Å². The quantitative estimate of drug-likeness (QED) is 0.163. The van der Waals surface area contributed by atoms with Gasteiger partial charge in [-0.3, -0.25) is 9.36 Å². The molecular formula is C36H39N3O8Si. The van der Waals surface area contributed by atoms with Crippen molar-refractivity contribution < 1.29 is 33.0 Å². The van der Waals surface area contributed by atoms with E-state index < -0.39 is 56.4 Å². The van der Waals surface area contributed by atoms with Crippen molar-refractivity contribution in [2.75, 3.05) is 11.9 Å². The second kappa shape index (κ2) is 14.5. The van der Waals surface area contributed by atoms with Crippen molar-refractivity contribution in [3.05, 3.63) is 130 Å². The van der Waals surface area contributed by atoms with E-state index in [1.807, 2.05) is 0 Å². The van der Waals surface area contributed by atoms with Gasteiger partial charge in [0.05, 0.1) is 17.7 Å². The zero-order valence-electron chi connectivity index (χ0n) is 27.5. The first kappa shape index (κ1) is 34.4. The van der Waals surface area contributed by atoms with Gasteiger partial charge in [0.15, 0.2) is 26.8 Å². The van der Waals surface area contributed by atoms with E-state index in [-0.39, 0.29) is 28.6 Å². The minimum Gasteiger partial charge on any atom is -0.452 e. The van der Waals surface area contributed by atoms with Crippen molar-refractivity contribution in [2.45, 2.75) is 63.4 Å². The molecule has 1 aromatic heterocycles. The van der Waals surface area contributed by atoms with Crippen LogP contribution in [0.3, 0.4) is 0 Å². The highest BCUT2D eigenvalue weighted by molar-refractivity contribution is 6.74. The lowest BCUT2D eigenvalue weighted by Crippen LogP contribution is -2.46. The lowest BCUT2D eigenvalue weighted by molar-refractivity contribution is -0.0590. The third-order valence-electron chi connectivity index (χ3n) is 8.59. The van der Waals surface area contributed by atoms with Gasteiger partial charge in [-0.05, 0) is 60.6 Å². The smallest absolute Gasteiger partial charge is 0.351 e. The Morgan fingerprint density at radius 2 is 1.29 bits per heavy atom. The number of amides is 1. The Labute approximate surface area is 280 Å². The number of nitrogens with zero attached hydrogens (tertiary/aromatic N) is 2. The number of carbonyl (C=O) groups is 3. The van der Waals surface area contributed by atoms with Gasteiger partial charge in [-0.2, -0.15) is 4.98 Å². The van der Waals surface area contributed by atoms with Crippen molar-refractivity contribution in [3.63, 3.8) is 0 Å². The Hall–Kier alpha value is -4.91. The van der Waals surface area contributed by atoms with Crippen LogP contribution in [-0.4, -0.2) is 60.6 Å². The van der Waals surface area contributed by atoms with Crippen LogP contribution in [0.2, 0.25) is 18.1 Å². The SMILES string of the molecule is CC(C)(C)[Si](C)(C)OC[C@H]1O[C@@H](n2ccc(NC(=O)c3ccccc3)nc2=O)[C@H](OC(=O)c2ccccc2)[C@@H]1OC(=O)c1ccccc1. The van der Waals surface area contributed by atoms with Crippen molar-refractivity contribution in [1.82, 2.24) is 9.55 Å². The summed E-state index contributed by atoms with van der Waals surface area (Å²) in [5.74, 6) is -1.78. The van der Waals surface area contributed by atoms with Gasteiger partial charge in [-0.15, -0.1) is 0 Å². The normalized spacial score (nSPS) is 19.4. The molecule has 4 aromatic rings.